The molecular formula is C35H35N3O6S. The maximum Gasteiger partial charge on any atom is 0.272 e. The fraction of sp³-hybridized carbons (Fsp3) is 0.171. The molecule has 9 nitrogen and oxygen atoms in total. The van der Waals surface area contributed by atoms with Crippen molar-refractivity contribution in [2.24, 2.45) is 0 Å². The third-order valence-electron chi connectivity index (χ3n) is 6.47. The molecule has 4 rings (SSSR count). The number of methoxy groups -OCH3 is 2. The molecule has 0 aliphatic heterocycles. The second kappa shape index (κ2) is 16.0. The zero-order valence-electron chi connectivity index (χ0n) is 25.5. The van der Waals surface area contributed by atoms with Crippen LogP contribution in [0, 0.1) is 0 Å². The lowest BCUT2D eigenvalue weighted by Gasteiger charge is -2.16. The van der Waals surface area contributed by atoms with Gasteiger partial charge in [-0.2, -0.15) is 0 Å². The highest BCUT2D eigenvalue weighted by Gasteiger charge is 2.19. The molecule has 0 aliphatic carbocycles. The van der Waals surface area contributed by atoms with Gasteiger partial charge in [-0.1, -0.05) is 36.4 Å². The van der Waals surface area contributed by atoms with E-state index in [0.717, 1.165) is 4.90 Å². The van der Waals surface area contributed by atoms with E-state index in [4.69, 9.17) is 14.2 Å². The number of carbonyl (C=O) groups excluding carboxylic acids is 3. The number of thioether (sulfide) groups is 1. The first-order valence-corrected chi connectivity index (χ1v) is 15.1. The average molecular weight is 626 g/mol. The SMILES string of the molecule is CCOc1ccc(/C=C(/NC(=O)c2ccccc2)C(=O)Nc2cccc(SC(C)C(=O)Nc3ccc(OC)cc3OC)c2)cc1. The minimum absolute atomic E-state index is 0.0623. The van der Waals surface area contributed by atoms with Crippen LogP contribution in [0.25, 0.3) is 6.08 Å². The number of hydrogen-bond acceptors (Lipinski definition) is 7. The Morgan fingerprint density at radius 3 is 2.24 bits per heavy atom. The van der Waals surface area contributed by atoms with E-state index in [1.54, 1.807) is 105 Å². The van der Waals surface area contributed by atoms with E-state index < -0.39 is 17.1 Å². The van der Waals surface area contributed by atoms with E-state index >= 15 is 0 Å². The Balaban J connectivity index is 1.48. The van der Waals surface area contributed by atoms with Crippen LogP contribution in [0.3, 0.4) is 0 Å². The molecule has 0 spiro atoms. The quantitative estimate of drug-likeness (QED) is 0.113. The lowest BCUT2D eigenvalue weighted by molar-refractivity contribution is -0.115. The molecule has 3 N–H and O–H groups in total. The fourth-order valence-corrected chi connectivity index (χ4v) is 5.10. The van der Waals surface area contributed by atoms with E-state index in [2.05, 4.69) is 16.0 Å². The van der Waals surface area contributed by atoms with E-state index in [-0.39, 0.29) is 11.6 Å². The molecule has 10 heteroatoms. The molecule has 0 fully saturated rings. The zero-order chi connectivity index (χ0) is 32.2. The van der Waals surface area contributed by atoms with Crippen molar-refractivity contribution in [1.82, 2.24) is 5.32 Å². The van der Waals surface area contributed by atoms with Gasteiger partial charge in [-0.3, -0.25) is 14.4 Å². The van der Waals surface area contributed by atoms with E-state index in [1.807, 2.05) is 19.1 Å². The van der Waals surface area contributed by atoms with Crippen molar-refractivity contribution in [3.8, 4) is 17.2 Å². The number of carbonyl (C=O) groups is 3. The van der Waals surface area contributed by atoms with Gasteiger partial charge in [0.05, 0.1) is 31.8 Å². The van der Waals surface area contributed by atoms with E-state index in [1.165, 1.54) is 18.9 Å². The van der Waals surface area contributed by atoms with Gasteiger partial charge < -0.3 is 30.2 Å². The number of anilines is 2. The van der Waals surface area contributed by atoms with Gasteiger partial charge in [-0.25, -0.2) is 0 Å². The van der Waals surface area contributed by atoms with Gasteiger partial charge in [0.1, 0.15) is 22.9 Å². The van der Waals surface area contributed by atoms with Gasteiger partial charge in [0, 0.05) is 22.2 Å². The third kappa shape index (κ3) is 9.38. The van der Waals surface area contributed by atoms with E-state index in [0.29, 0.717) is 46.4 Å². The number of ether oxygens (including phenoxy) is 3. The van der Waals surface area contributed by atoms with Crippen LogP contribution in [0.5, 0.6) is 17.2 Å². The summed E-state index contributed by atoms with van der Waals surface area (Å²) in [6.45, 7) is 4.23. The van der Waals surface area contributed by atoms with Gasteiger partial charge in [0.15, 0.2) is 0 Å². The highest BCUT2D eigenvalue weighted by atomic mass is 32.2. The lowest BCUT2D eigenvalue weighted by atomic mass is 10.1. The molecule has 4 aromatic rings. The van der Waals surface area contributed by atoms with Crippen LogP contribution in [0.15, 0.2) is 108 Å². The molecule has 4 aromatic carbocycles. The number of amides is 3. The first-order chi connectivity index (χ1) is 21.8. The smallest absolute Gasteiger partial charge is 0.272 e. The summed E-state index contributed by atoms with van der Waals surface area (Å²) in [4.78, 5) is 40.2. The van der Waals surface area contributed by atoms with Gasteiger partial charge in [0.2, 0.25) is 5.91 Å². The van der Waals surface area contributed by atoms with Gasteiger partial charge in [-0.05, 0) is 80.1 Å². The predicted octanol–water partition coefficient (Wildman–Crippen LogP) is 6.63. The van der Waals surface area contributed by atoms with Crippen LogP contribution >= 0.6 is 11.8 Å². The zero-order valence-corrected chi connectivity index (χ0v) is 26.3. The Kier molecular flexibility index (Phi) is 11.6. The molecule has 232 valence electrons. The van der Waals surface area contributed by atoms with Crippen LogP contribution in [-0.2, 0) is 9.59 Å². The summed E-state index contributed by atoms with van der Waals surface area (Å²) in [6.07, 6.45) is 1.60. The highest BCUT2D eigenvalue weighted by molar-refractivity contribution is 8.00. The monoisotopic (exact) mass is 625 g/mol. The fourth-order valence-electron chi connectivity index (χ4n) is 4.18. The standard InChI is InChI=1S/C35H35N3O6S/c1-5-44-27-16-14-24(15-17-27)20-31(38-34(40)25-10-7-6-8-11-25)35(41)36-26-12-9-13-29(21-26)45-23(2)33(39)37-30-19-18-28(42-3)22-32(30)43-4/h6-23H,5H2,1-4H3,(H,36,41)(H,37,39)(H,38,40)/b31-20+. The molecule has 45 heavy (non-hydrogen) atoms. The summed E-state index contributed by atoms with van der Waals surface area (Å²) in [6, 6.07) is 28.2. The molecule has 0 radical (unpaired) electrons. The first-order valence-electron chi connectivity index (χ1n) is 14.2. The molecule has 3 amide bonds. The number of rotatable bonds is 13. The predicted molar refractivity (Wildman–Crippen MR) is 178 cm³/mol. The van der Waals surface area contributed by atoms with Crippen molar-refractivity contribution in [3.63, 3.8) is 0 Å². The van der Waals surface area contributed by atoms with Gasteiger partial charge >= 0.3 is 0 Å². The second-order valence-corrected chi connectivity index (χ2v) is 11.1. The molecule has 0 saturated carbocycles. The average Bonchev–Trinajstić information content (AvgIpc) is 3.06. The van der Waals surface area contributed by atoms with Crippen LogP contribution in [-0.4, -0.2) is 43.8 Å². The Morgan fingerprint density at radius 1 is 0.822 bits per heavy atom. The summed E-state index contributed by atoms with van der Waals surface area (Å²) >= 11 is 1.33. The van der Waals surface area contributed by atoms with E-state index in [9.17, 15) is 14.4 Å². The minimum Gasteiger partial charge on any atom is -0.497 e. The van der Waals surface area contributed by atoms with Crippen LogP contribution in [0.4, 0.5) is 11.4 Å². The molecule has 0 heterocycles. The first kappa shape index (κ1) is 32.7. The minimum atomic E-state index is -0.507. The maximum atomic E-state index is 13.5. The lowest BCUT2D eigenvalue weighted by Crippen LogP contribution is -2.30. The van der Waals surface area contributed by atoms with Crippen molar-refractivity contribution in [2.75, 3.05) is 31.5 Å². The van der Waals surface area contributed by atoms with Crippen molar-refractivity contribution in [2.45, 2.75) is 24.0 Å². The second-order valence-electron chi connectivity index (χ2n) is 9.68. The van der Waals surface area contributed by atoms with Gasteiger partial charge in [0.25, 0.3) is 11.8 Å². The van der Waals surface area contributed by atoms with Crippen LogP contribution in [0.1, 0.15) is 29.8 Å². The Hall–Kier alpha value is -5.22. The summed E-state index contributed by atoms with van der Waals surface area (Å²) in [5.74, 6) is 0.658. The molecule has 1 unspecified atom stereocenters. The maximum absolute atomic E-state index is 13.5. The summed E-state index contributed by atoms with van der Waals surface area (Å²) in [5, 5.41) is 8.04. The molecule has 0 aromatic heterocycles. The number of nitrogens with one attached hydrogen (secondary N) is 3. The topological polar surface area (TPSA) is 115 Å². The normalized spacial score (nSPS) is 11.6. The summed E-state index contributed by atoms with van der Waals surface area (Å²) in [7, 11) is 3.08. The van der Waals surface area contributed by atoms with Crippen LogP contribution < -0.4 is 30.2 Å². The molecular weight excluding hydrogens is 590 g/mol. The summed E-state index contributed by atoms with van der Waals surface area (Å²) in [5.41, 5.74) is 2.21. The molecule has 0 bridgehead atoms. The van der Waals surface area contributed by atoms with Crippen molar-refractivity contribution >= 4 is 46.9 Å². The molecule has 1 atom stereocenters. The summed E-state index contributed by atoms with van der Waals surface area (Å²) < 4.78 is 16.1. The highest BCUT2D eigenvalue weighted by Crippen LogP contribution is 2.31. The van der Waals surface area contributed by atoms with Crippen molar-refractivity contribution in [1.29, 1.82) is 0 Å². The Labute approximate surface area is 267 Å². The van der Waals surface area contributed by atoms with Gasteiger partial charge in [-0.15, -0.1) is 11.8 Å². The Morgan fingerprint density at radius 2 is 1.56 bits per heavy atom. The van der Waals surface area contributed by atoms with Crippen molar-refractivity contribution in [3.05, 3.63) is 114 Å². The Bertz CT molecular complexity index is 1660. The number of benzene rings is 4. The van der Waals surface area contributed by atoms with Crippen LogP contribution in [0.2, 0.25) is 0 Å². The van der Waals surface area contributed by atoms with Crippen molar-refractivity contribution < 1.29 is 28.6 Å². The number of hydrogen-bond donors (Lipinski definition) is 3. The molecule has 0 saturated heterocycles. The molecule has 0 aliphatic rings. The largest absolute Gasteiger partial charge is 0.497 e. The third-order valence-corrected chi connectivity index (χ3v) is 7.57.